The molecule has 2 rings (SSSR count). The molecular weight excluding hydrogens is 184 g/mol. The Morgan fingerprint density at radius 3 is 2.33 bits per heavy atom. The van der Waals surface area contributed by atoms with Crippen molar-refractivity contribution in [3.8, 4) is 0 Å². The van der Waals surface area contributed by atoms with Gasteiger partial charge in [-0.3, -0.25) is 0 Å². The Bertz CT molecular complexity index is 244. The van der Waals surface area contributed by atoms with Crippen molar-refractivity contribution in [2.75, 3.05) is 0 Å². The van der Waals surface area contributed by atoms with Crippen LogP contribution in [0.2, 0.25) is 0 Å². The van der Waals surface area contributed by atoms with Gasteiger partial charge in [-0.25, -0.2) is 0 Å². The van der Waals surface area contributed by atoms with E-state index in [2.05, 4.69) is 20.8 Å². The largest absolute Gasteiger partial charge is 0.393 e. The molecule has 0 aromatic rings. The van der Waals surface area contributed by atoms with Crippen LogP contribution in [0.4, 0.5) is 0 Å². The predicted octanol–water partition coefficient (Wildman–Crippen LogP) is 3.61. The van der Waals surface area contributed by atoms with Crippen LogP contribution in [0, 0.1) is 22.7 Å². The Morgan fingerprint density at radius 2 is 1.93 bits per heavy atom. The van der Waals surface area contributed by atoms with Gasteiger partial charge in [-0.05, 0) is 55.3 Å². The second-order valence-electron chi connectivity index (χ2n) is 6.90. The van der Waals surface area contributed by atoms with Crippen molar-refractivity contribution < 1.29 is 5.11 Å². The molecule has 4 unspecified atom stereocenters. The van der Waals surface area contributed by atoms with Crippen LogP contribution in [-0.2, 0) is 0 Å². The number of rotatable bonds is 3. The van der Waals surface area contributed by atoms with Crippen molar-refractivity contribution in [1.82, 2.24) is 0 Å². The molecule has 88 valence electrons. The summed E-state index contributed by atoms with van der Waals surface area (Å²) in [7, 11) is 0. The van der Waals surface area contributed by atoms with E-state index in [1.165, 1.54) is 32.1 Å². The highest BCUT2D eigenvalue weighted by molar-refractivity contribution is 5.01. The van der Waals surface area contributed by atoms with Gasteiger partial charge in [0.1, 0.15) is 0 Å². The molecule has 4 atom stereocenters. The van der Waals surface area contributed by atoms with Crippen molar-refractivity contribution in [3.63, 3.8) is 0 Å². The molecule has 0 saturated heterocycles. The Labute approximate surface area is 94.3 Å². The normalized spacial score (nSPS) is 45.4. The molecule has 0 amide bonds. The molecule has 0 aromatic carbocycles. The fourth-order valence-electron chi connectivity index (χ4n) is 3.61. The van der Waals surface area contributed by atoms with Gasteiger partial charge in [0.2, 0.25) is 0 Å². The lowest BCUT2D eigenvalue weighted by Gasteiger charge is -2.39. The van der Waals surface area contributed by atoms with Crippen molar-refractivity contribution in [2.24, 2.45) is 22.7 Å². The second kappa shape index (κ2) is 3.48. The average Bonchev–Trinajstić information content (AvgIpc) is 2.77. The molecule has 2 saturated carbocycles. The molecular formula is C14H26O. The van der Waals surface area contributed by atoms with Crippen molar-refractivity contribution in [1.29, 1.82) is 0 Å². The van der Waals surface area contributed by atoms with E-state index in [0.29, 0.717) is 16.7 Å². The molecule has 0 aliphatic heterocycles. The first-order valence-electron chi connectivity index (χ1n) is 6.54. The Balaban J connectivity index is 1.95. The first-order valence-corrected chi connectivity index (χ1v) is 6.54. The lowest BCUT2D eigenvalue weighted by atomic mass is 9.66. The highest BCUT2D eigenvalue weighted by atomic mass is 16.3. The molecule has 2 fully saturated rings. The molecule has 0 radical (unpaired) electrons. The van der Waals surface area contributed by atoms with Crippen molar-refractivity contribution in [3.05, 3.63) is 0 Å². The maximum absolute atomic E-state index is 9.55. The molecule has 15 heavy (non-hydrogen) atoms. The van der Waals surface area contributed by atoms with Gasteiger partial charge >= 0.3 is 0 Å². The SMILES string of the molecule is CC(O)C1CC1CC1(C)CCCC1(C)C. The zero-order chi connectivity index (χ0) is 11.3. The van der Waals surface area contributed by atoms with E-state index < -0.39 is 0 Å². The third-order valence-electron chi connectivity index (χ3n) is 5.47. The molecule has 2 aliphatic carbocycles. The Kier molecular flexibility index (Phi) is 2.65. The van der Waals surface area contributed by atoms with Gasteiger partial charge in [0.15, 0.2) is 0 Å². The lowest BCUT2D eigenvalue weighted by Crippen LogP contribution is -2.30. The monoisotopic (exact) mass is 210 g/mol. The van der Waals surface area contributed by atoms with Crippen LogP contribution < -0.4 is 0 Å². The van der Waals surface area contributed by atoms with Crippen molar-refractivity contribution in [2.45, 2.75) is 65.9 Å². The number of hydrogen-bond acceptors (Lipinski definition) is 1. The smallest absolute Gasteiger partial charge is 0.0543 e. The summed E-state index contributed by atoms with van der Waals surface area (Å²) in [5, 5.41) is 9.55. The van der Waals surface area contributed by atoms with Crippen LogP contribution in [0.25, 0.3) is 0 Å². The molecule has 1 nitrogen and oxygen atoms in total. The summed E-state index contributed by atoms with van der Waals surface area (Å²) in [4.78, 5) is 0. The molecule has 1 heteroatoms. The Hall–Kier alpha value is -0.0400. The van der Waals surface area contributed by atoms with Crippen LogP contribution in [-0.4, -0.2) is 11.2 Å². The summed E-state index contributed by atoms with van der Waals surface area (Å²) >= 11 is 0. The lowest BCUT2D eigenvalue weighted by molar-refractivity contribution is 0.0994. The van der Waals surface area contributed by atoms with Crippen LogP contribution >= 0.6 is 0 Å². The second-order valence-corrected chi connectivity index (χ2v) is 6.90. The first kappa shape index (κ1) is 11.4. The van der Waals surface area contributed by atoms with Gasteiger partial charge in [0, 0.05) is 0 Å². The minimum atomic E-state index is -0.0804. The summed E-state index contributed by atoms with van der Waals surface area (Å²) in [6.07, 6.45) is 6.70. The molecule has 2 aliphatic rings. The molecule has 0 aromatic heterocycles. The van der Waals surface area contributed by atoms with Gasteiger partial charge in [-0.2, -0.15) is 0 Å². The summed E-state index contributed by atoms with van der Waals surface area (Å²) in [6.45, 7) is 9.28. The highest BCUT2D eigenvalue weighted by Crippen LogP contribution is 2.60. The van der Waals surface area contributed by atoms with Crippen molar-refractivity contribution >= 4 is 0 Å². The van der Waals surface area contributed by atoms with E-state index in [-0.39, 0.29) is 6.10 Å². The van der Waals surface area contributed by atoms with Gasteiger partial charge in [0.05, 0.1) is 6.10 Å². The predicted molar refractivity (Wildman–Crippen MR) is 63.6 cm³/mol. The maximum Gasteiger partial charge on any atom is 0.0543 e. The Morgan fingerprint density at radius 1 is 1.27 bits per heavy atom. The summed E-state index contributed by atoms with van der Waals surface area (Å²) in [5.41, 5.74) is 1.04. The van der Waals surface area contributed by atoms with E-state index in [9.17, 15) is 5.11 Å². The van der Waals surface area contributed by atoms with Crippen LogP contribution in [0.5, 0.6) is 0 Å². The van der Waals surface area contributed by atoms with E-state index in [4.69, 9.17) is 0 Å². The van der Waals surface area contributed by atoms with Crippen LogP contribution in [0.15, 0.2) is 0 Å². The topological polar surface area (TPSA) is 20.2 Å². The van der Waals surface area contributed by atoms with E-state index in [1.54, 1.807) is 0 Å². The average molecular weight is 210 g/mol. The zero-order valence-corrected chi connectivity index (χ0v) is 10.7. The van der Waals surface area contributed by atoms with Gasteiger partial charge in [-0.1, -0.05) is 27.2 Å². The minimum Gasteiger partial charge on any atom is -0.393 e. The van der Waals surface area contributed by atoms with Gasteiger partial charge < -0.3 is 5.11 Å². The first-order chi connectivity index (χ1) is 6.86. The third kappa shape index (κ3) is 1.95. The number of hydrogen-bond donors (Lipinski definition) is 1. The third-order valence-corrected chi connectivity index (χ3v) is 5.47. The molecule has 0 spiro atoms. The van der Waals surface area contributed by atoms with E-state index in [1.807, 2.05) is 6.92 Å². The summed E-state index contributed by atoms with van der Waals surface area (Å²) < 4.78 is 0. The van der Waals surface area contributed by atoms with Crippen LogP contribution in [0.3, 0.4) is 0 Å². The van der Waals surface area contributed by atoms with Crippen LogP contribution in [0.1, 0.15) is 59.8 Å². The van der Waals surface area contributed by atoms with Gasteiger partial charge in [-0.15, -0.1) is 0 Å². The minimum absolute atomic E-state index is 0.0804. The highest BCUT2D eigenvalue weighted by Gasteiger charge is 2.51. The standard InChI is InChI=1S/C14H26O/c1-10(15)12-8-11(12)9-14(4)7-5-6-13(14,2)3/h10-12,15H,5-9H2,1-4H3. The van der Waals surface area contributed by atoms with Gasteiger partial charge in [0.25, 0.3) is 0 Å². The fraction of sp³-hybridized carbons (Fsp3) is 1.00. The quantitative estimate of drug-likeness (QED) is 0.754. The molecule has 0 heterocycles. The zero-order valence-electron chi connectivity index (χ0n) is 10.7. The molecule has 1 N–H and O–H groups in total. The van der Waals surface area contributed by atoms with E-state index >= 15 is 0 Å². The van der Waals surface area contributed by atoms with E-state index in [0.717, 1.165) is 5.92 Å². The summed E-state index contributed by atoms with van der Waals surface area (Å²) in [6, 6.07) is 0. The molecule has 0 bridgehead atoms. The maximum atomic E-state index is 9.55. The summed E-state index contributed by atoms with van der Waals surface area (Å²) in [5.74, 6) is 1.42. The fourth-order valence-corrected chi connectivity index (χ4v) is 3.61. The number of aliphatic hydroxyl groups excluding tert-OH is 1. The number of aliphatic hydroxyl groups is 1.